The third-order valence-corrected chi connectivity index (χ3v) is 3.98. The molecule has 0 aliphatic heterocycles. The van der Waals surface area contributed by atoms with E-state index < -0.39 is 9.04 Å². The van der Waals surface area contributed by atoms with E-state index in [-0.39, 0.29) is 11.5 Å². The average Bonchev–Trinajstić information content (AvgIpc) is 2.24. The Morgan fingerprint density at radius 3 is 2.28 bits per heavy atom. The summed E-state index contributed by atoms with van der Waals surface area (Å²) in [5.74, 6) is 0.896. The Morgan fingerprint density at radius 1 is 1.22 bits per heavy atom. The highest BCUT2D eigenvalue weighted by molar-refractivity contribution is 9.10. The molecule has 0 aliphatic rings. The minimum Gasteiger partial charge on any atom is -0.496 e. The normalized spacial score (nSPS) is 13.8. The Hall–Kier alpha value is -0.323. The summed E-state index contributed by atoms with van der Waals surface area (Å²) in [5, 5.41) is 0. The lowest BCUT2D eigenvalue weighted by Crippen LogP contribution is -2.26. The lowest BCUT2D eigenvalue weighted by atomic mass is 9.84. The van der Waals surface area contributed by atoms with E-state index in [2.05, 4.69) is 55.9 Å². The van der Waals surface area contributed by atoms with Crippen molar-refractivity contribution >= 4 is 25.0 Å². The molecule has 4 heteroatoms. The predicted molar refractivity (Wildman–Crippen MR) is 82.9 cm³/mol. The van der Waals surface area contributed by atoms with Gasteiger partial charge in [-0.05, 0) is 36.7 Å². The second kappa shape index (κ2) is 6.22. The number of benzene rings is 1. The van der Waals surface area contributed by atoms with Crippen LogP contribution in [0.5, 0.6) is 5.75 Å². The Kier molecular flexibility index (Phi) is 5.43. The van der Waals surface area contributed by atoms with E-state index in [1.165, 1.54) is 0 Å². The molecule has 0 spiro atoms. The smallest absolute Gasteiger partial charge is 0.171 e. The molecule has 1 aromatic rings. The zero-order valence-corrected chi connectivity index (χ0v) is 14.8. The van der Waals surface area contributed by atoms with Crippen LogP contribution in [0.1, 0.15) is 32.4 Å². The standard InChI is InChI=1S/C14H23BrO2Si/c1-14(2,3)13(17-18(5)6)11-9-10(15)7-8-12(11)16-4/h7-9,13,18H,1-6H3. The maximum Gasteiger partial charge on any atom is 0.171 e. The molecule has 0 N–H and O–H groups in total. The first-order valence-corrected chi connectivity index (χ1v) is 9.82. The number of ether oxygens (including phenoxy) is 1. The fourth-order valence-electron chi connectivity index (χ4n) is 1.93. The Balaban J connectivity index is 3.23. The molecular formula is C14H23BrO2Si. The molecule has 102 valence electrons. The lowest BCUT2D eigenvalue weighted by Gasteiger charge is -2.34. The van der Waals surface area contributed by atoms with Crippen molar-refractivity contribution in [1.29, 1.82) is 0 Å². The first kappa shape index (κ1) is 15.7. The maximum absolute atomic E-state index is 6.24. The van der Waals surface area contributed by atoms with Crippen LogP contribution in [-0.2, 0) is 4.43 Å². The van der Waals surface area contributed by atoms with Crippen molar-refractivity contribution in [2.75, 3.05) is 7.11 Å². The van der Waals surface area contributed by atoms with Crippen molar-refractivity contribution in [2.45, 2.75) is 40.0 Å². The minimum absolute atomic E-state index is 0.0470. The molecule has 0 saturated heterocycles. The summed E-state index contributed by atoms with van der Waals surface area (Å²) >= 11 is 3.53. The van der Waals surface area contributed by atoms with Crippen LogP contribution >= 0.6 is 15.9 Å². The number of rotatable bonds is 4. The molecule has 2 nitrogen and oxygen atoms in total. The SMILES string of the molecule is COc1ccc(Br)cc1C(O[SiH](C)C)C(C)(C)C. The zero-order chi connectivity index (χ0) is 13.9. The maximum atomic E-state index is 6.24. The van der Waals surface area contributed by atoms with Gasteiger partial charge in [0.2, 0.25) is 0 Å². The number of halogens is 1. The van der Waals surface area contributed by atoms with Crippen LogP contribution in [0.3, 0.4) is 0 Å². The summed E-state index contributed by atoms with van der Waals surface area (Å²) in [5.41, 5.74) is 1.17. The van der Waals surface area contributed by atoms with Crippen LogP contribution in [0.4, 0.5) is 0 Å². The van der Waals surface area contributed by atoms with Gasteiger partial charge in [-0.1, -0.05) is 36.7 Å². The van der Waals surface area contributed by atoms with Crippen LogP contribution in [0.15, 0.2) is 22.7 Å². The number of methoxy groups -OCH3 is 1. The van der Waals surface area contributed by atoms with Gasteiger partial charge in [0.25, 0.3) is 0 Å². The van der Waals surface area contributed by atoms with Crippen LogP contribution in [-0.4, -0.2) is 16.2 Å². The molecule has 0 aliphatic carbocycles. The summed E-state index contributed by atoms with van der Waals surface area (Å²) in [6.45, 7) is 11.0. The molecule has 0 saturated carbocycles. The van der Waals surface area contributed by atoms with E-state index in [4.69, 9.17) is 9.16 Å². The number of hydrogen-bond donors (Lipinski definition) is 0. The number of hydrogen-bond acceptors (Lipinski definition) is 2. The van der Waals surface area contributed by atoms with Crippen molar-refractivity contribution < 1.29 is 9.16 Å². The quantitative estimate of drug-likeness (QED) is 0.754. The first-order chi connectivity index (χ1) is 8.25. The predicted octanol–water partition coefficient (Wildman–Crippen LogP) is 4.54. The van der Waals surface area contributed by atoms with Gasteiger partial charge in [0.15, 0.2) is 9.04 Å². The molecule has 0 heterocycles. The van der Waals surface area contributed by atoms with E-state index >= 15 is 0 Å². The first-order valence-electron chi connectivity index (χ1n) is 6.24. The minimum atomic E-state index is -1.12. The Morgan fingerprint density at radius 2 is 1.83 bits per heavy atom. The van der Waals surface area contributed by atoms with Crippen LogP contribution in [0.2, 0.25) is 13.1 Å². The molecule has 1 atom stereocenters. The van der Waals surface area contributed by atoms with Crippen LogP contribution < -0.4 is 4.74 Å². The van der Waals surface area contributed by atoms with Crippen molar-refractivity contribution in [3.05, 3.63) is 28.2 Å². The van der Waals surface area contributed by atoms with Crippen molar-refractivity contribution in [1.82, 2.24) is 0 Å². The zero-order valence-electron chi connectivity index (χ0n) is 12.1. The van der Waals surface area contributed by atoms with Gasteiger partial charge < -0.3 is 9.16 Å². The highest BCUT2D eigenvalue weighted by atomic mass is 79.9. The molecule has 1 unspecified atom stereocenters. The van der Waals surface area contributed by atoms with Gasteiger partial charge in [0.05, 0.1) is 13.2 Å². The van der Waals surface area contributed by atoms with Crippen molar-refractivity contribution in [3.63, 3.8) is 0 Å². The van der Waals surface area contributed by atoms with Gasteiger partial charge in [-0.3, -0.25) is 0 Å². The molecule has 0 amide bonds. The second-order valence-corrected chi connectivity index (χ2v) is 9.10. The van der Waals surface area contributed by atoms with Crippen molar-refractivity contribution in [3.8, 4) is 5.75 Å². The molecule has 1 rings (SSSR count). The molecule has 0 radical (unpaired) electrons. The third kappa shape index (κ3) is 4.11. The molecule has 1 aromatic carbocycles. The van der Waals surface area contributed by atoms with Gasteiger partial charge in [-0.2, -0.15) is 0 Å². The summed E-state index contributed by atoms with van der Waals surface area (Å²) in [4.78, 5) is 0. The average molecular weight is 331 g/mol. The van der Waals surface area contributed by atoms with E-state index in [0.717, 1.165) is 15.8 Å². The van der Waals surface area contributed by atoms with E-state index in [0.29, 0.717) is 0 Å². The largest absolute Gasteiger partial charge is 0.496 e. The molecule has 0 aromatic heterocycles. The van der Waals surface area contributed by atoms with E-state index in [1.807, 2.05) is 12.1 Å². The van der Waals surface area contributed by atoms with Crippen molar-refractivity contribution in [2.24, 2.45) is 5.41 Å². The lowest BCUT2D eigenvalue weighted by molar-refractivity contribution is 0.0840. The highest BCUT2D eigenvalue weighted by Crippen LogP contribution is 2.41. The van der Waals surface area contributed by atoms with Crippen LogP contribution in [0.25, 0.3) is 0 Å². The van der Waals surface area contributed by atoms with E-state index in [9.17, 15) is 0 Å². The topological polar surface area (TPSA) is 18.5 Å². The highest BCUT2D eigenvalue weighted by Gasteiger charge is 2.30. The van der Waals surface area contributed by atoms with Gasteiger partial charge in [0, 0.05) is 10.0 Å². The molecule has 0 bridgehead atoms. The fraction of sp³-hybridized carbons (Fsp3) is 0.571. The molecule has 18 heavy (non-hydrogen) atoms. The summed E-state index contributed by atoms with van der Waals surface area (Å²) in [7, 11) is 0.591. The molecule has 0 fully saturated rings. The second-order valence-electron chi connectivity index (χ2n) is 5.82. The van der Waals surface area contributed by atoms with Gasteiger partial charge in [-0.25, -0.2) is 0 Å². The van der Waals surface area contributed by atoms with E-state index in [1.54, 1.807) is 7.11 Å². The Bertz CT molecular complexity index is 399. The molecular weight excluding hydrogens is 308 g/mol. The Labute approximate surface area is 121 Å². The fourth-order valence-corrected chi connectivity index (χ4v) is 3.40. The monoisotopic (exact) mass is 330 g/mol. The summed E-state index contributed by atoms with van der Waals surface area (Å²) < 4.78 is 12.8. The summed E-state index contributed by atoms with van der Waals surface area (Å²) in [6, 6.07) is 6.09. The van der Waals surface area contributed by atoms with Gasteiger partial charge in [0.1, 0.15) is 5.75 Å². The van der Waals surface area contributed by atoms with Gasteiger partial charge >= 0.3 is 0 Å². The summed E-state index contributed by atoms with van der Waals surface area (Å²) in [6.07, 6.45) is 0.0663. The van der Waals surface area contributed by atoms with Gasteiger partial charge in [-0.15, -0.1) is 0 Å². The van der Waals surface area contributed by atoms with Crippen LogP contribution in [0, 0.1) is 5.41 Å². The third-order valence-electron chi connectivity index (χ3n) is 2.67.